The minimum absolute atomic E-state index is 0.530. The van der Waals surface area contributed by atoms with Crippen LogP contribution >= 0.6 is 38.9 Å². The highest BCUT2D eigenvalue weighted by Gasteiger charge is 2.23. The molecule has 1 unspecified atom stereocenters. The van der Waals surface area contributed by atoms with Crippen LogP contribution in [0.25, 0.3) is 0 Å². The highest BCUT2D eigenvalue weighted by atomic mass is 79.9. The van der Waals surface area contributed by atoms with Crippen molar-refractivity contribution >= 4 is 50.5 Å². The van der Waals surface area contributed by atoms with Gasteiger partial charge in [-0.2, -0.15) is 0 Å². The topological polar surface area (TPSA) is 58.6 Å². The average molecular weight is 377 g/mol. The van der Waals surface area contributed by atoms with Crippen molar-refractivity contribution in [1.29, 1.82) is 0 Å². The molecule has 1 heterocycles. The molecule has 2 N–H and O–H groups in total. The molecule has 1 aromatic heterocycles. The van der Waals surface area contributed by atoms with Crippen LogP contribution in [-0.2, 0) is 4.79 Å². The van der Waals surface area contributed by atoms with E-state index in [2.05, 4.69) is 21.2 Å². The minimum Gasteiger partial charge on any atom is -0.497 e. The molecule has 0 radical (unpaired) electrons. The first-order valence-corrected chi connectivity index (χ1v) is 7.58. The second-order valence-electron chi connectivity index (χ2n) is 3.91. The number of aliphatic carboxylic acids is 1. The highest BCUT2D eigenvalue weighted by molar-refractivity contribution is 9.10. The number of nitrogens with one attached hydrogen (secondary N) is 1. The third-order valence-electron chi connectivity index (χ3n) is 2.60. The largest absolute Gasteiger partial charge is 0.497 e. The summed E-state index contributed by atoms with van der Waals surface area (Å²) < 4.78 is 6.29. The van der Waals surface area contributed by atoms with Gasteiger partial charge in [0.1, 0.15) is 10.1 Å². The lowest BCUT2D eigenvalue weighted by Gasteiger charge is -2.14. The highest BCUT2D eigenvalue weighted by Crippen LogP contribution is 2.36. The molecule has 1 atom stereocenters. The molecule has 0 saturated carbocycles. The van der Waals surface area contributed by atoms with Gasteiger partial charge in [-0.3, -0.25) is 0 Å². The zero-order valence-electron chi connectivity index (χ0n) is 10.4. The number of carboxylic acids is 1. The van der Waals surface area contributed by atoms with E-state index in [0.717, 1.165) is 0 Å². The van der Waals surface area contributed by atoms with Gasteiger partial charge in [0.25, 0.3) is 0 Å². The van der Waals surface area contributed by atoms with Crippen LogP contribution in [0, 0.1) is 0 Å². The fourth-order valence-electron chi connectivity index (χ4n) is 1.61. The number of methoxy groups -OCH3 is 1. The number of carbonyl (C=O) groups is 1. The summed E-state index contributed by atoms with van der Waals surface area (Å²) in [5.41, 5.74) is 0.693. The number of thiophene rings is 1. The predicted molar refractivity (Wildman–Crippen MR) is 84.0 cm³/mol. The number of carboxylic acid groups (broad SMARTS) is 1. The summed E-state index contributed by atoms with van der Waals surface area (Å²) in [6.45, 7) is 0. The van der Waals surface area contributed by atoms with Crippen LogP contribution < -0.4 is 10.1 Å². The van der Waals surface area contributed by atoms with Crippen molar-refractivity contribution in [2.24, 2.45) is 0 Å². The van der Waals surface area contributed by atoms with Crippen molar-refractivity contribution in [2.75, 3.05) is 12.4 Å². The number of hydrogen-bond donors (Lipinski definition) is 2. The van der Waals surface area contributed by atoms with Crippen molar-refractivity contribution in [3.8, 4) is 5.75 Å². The molecule has 0 spiro atoms. The molecule has 2 aromatic rings. The van der Waals surface area contributed by atoms with Crippen LogP contribution in [0.5, 0.6) is 5.75 Å². The van der Waals surface area contributed by atoms with Gasteiger partial charge in [0.2, 0.25) is 0 Å². The van der Waals surface area contributed by atoms with E-state index in [-0.39, 0.29) is 0 Å². The number of anilines is 1. The molecule has 0 aliphatic rings. The molecule has 20 heavy (non-hydrogen) atoms. The maximum Gasteiger partial charge on any atom is 0.331 e. The third kappa shape index (κ3) is 3.45. The van der Waals surface area contributed by atoms with Crippen LogP contribution in [-0.4, -0.2) is 18.2 Å². The molecule has 2 rings (SSSR count). The van der Waals surface area contributed by atoms with Gasteiger partial charge in [-0.1, -0.05) is 11.6 Å². The van der Waals surface area contributed by atoms with E-state index < -0.39 is 12.0 Å². The molecule has 4 nitrogen and oxygen atoms in total. The van der Waals surface area contributed by atoms with Crippen molar-refractivity contribution in [1.82, 2.24) is 0 Å². The number of hydrogen-bond acceptors (Lipinski definition) is 4. The predicted octanol–water partition coefficient (Wildman–Crippen LogP) is 4.41. The lowest BCUT2D eigenvalue weighted by atomic mass is 10.2. The maximum atomic E-state index is 11.4. The number of benzene rings is 1. The molecule has 106 valence electrons. The van der Waals surface area contributed by atoms with Crippen molar-refractivity contribution in [3.63, 3.8) is 0 Å². The van der Waals surface area contributed by atoms with E-state index in [1.165, 1.54) is 11.3 Å². The van der Waals surface area contributed by atoms with E-state index in [1.807, 2.05) is 0 Å². The fourth-order valence-corrected chi connectivity index (χ4v) is 3.39. The lowest BCUT2D eigenvalue weighted by molar-refractivity contribution is -0.138. The fraction of sp³-hybridized carbons (Fsp3) is 0.154. The molecule has 0 aliphatic carbocycles. The van der Waals surface area contributed by atoms with Crippen molar-refractivity contribution in [3.05, 3.63) is 44.0 Å². The summed E-state index contributed by atoms with van der Waals surface area (Å²) in [6, 6.07) is 7.91. The first-order valence-electron chi connectivity index (χ1n) is 5.59. The van der Waals surface area contributed by atoms with E-state index in [0.29, 0.717) is 25.1 Å². The SMILES string of the molecule is COc1ccc(NC(C(=O)O)c2cc(Br)c(Cl)s2)cc1. The van der Waals surface area contributed by atoms with Gasteiger partial charge in [0.15, 0.2) is 6.04 Å². The Bertz CT molecular complexity index is 595. The zero-order chi connectivity index (χ0) is 14.7. The molecular weight excluding hydrogens is 366 g/mol. The van der Waals surface area contributed by atoms with Crippen molar-refractivity contribution in [2.45, 2.75) is 6.04 Å². The normalized spacial score (nSPS) is 11.9. The molecule has 0 amide bonds. The first kappa shape index (κ1) is 15.2. The standard InChI is InChI=1S/C13H11BrClNO3S/c1-19-8-4-2-7(3-5-8)16-11(13(17)18)10-6-9(14)12(15)20-10/h2-6,11,16H,1H3,(H,17,18). The summed E-state index contributed by atoms with van der Waals surface area (Å²) in [6.07, 6.45) is 0. The van der Waals surface area contributed by atoms with Crippen LogP contribution in [0.15, 0.2) is 34.8 Å². The number of rotatable bonds is 5. The Labute approximate surface area is 133 Å². The summed E-state index contributed by atoms with van der Waals surface area (Å²) in [5.74, 6) is -0.254. The quantitative estimate of drug-likeness (QED) is 0.811. The van der Waals surface area contributed by atoms with E-state index in [1.54, 1.807) is 37.4 Å². The van der Waals surface area contributed by atoms with Crippen LogP contribution in [0.1, 0.15) is 10.9 Å². The minimum atomic E-state index is -0.966. The monoisotopic (exact) mass is 375 g/mol. The van der Waals surface area contributed by atoms with Crippen LogP contribution in [0.2, 0.25) is 4.34 Å². The molecule has 0 aliphatic heterocycles. The number of halogens is 2. The summed E-state index contributed by atoms with van der Waals surface area (Å²) in [5, 5.41) is 12.3. The van der Waals surface area contributed by atoms with Gasteiger partial charge in [-0.05, 0) is 46.3 Å². The lowest BCUT2D eigenvalue weighted by Crippen LogP contribution is -2.19. The van der Waals surface area contributed by atoms with E-state index >= 15 is 0 Å². The van der Waals surface area contributed by atoms with E-state index in [9.17, 15) is 9.90 Å². The smallest absolute Gasteiger partial charge is 0.331 e. The Kier molecular flexibility index (Phi) is 4.91. The van der Waals surface area contributed by atoms with Gasteiger partial charge in [0, 0.05) is 15.0 Å². The molecule has 0 fully saturated rings. The van der Waals surface area contributed by atoms with Gasteiger partial charge in [-0.15, -0.1) is 11.3 Å². The maximum absolute atomic E-state index is 11.4. The molecule has 0 bridgehead atoms. The van der Waals surface area contributed by atoms with Gasteiger partial charge in [-0.25, -0.2) is 4.79 Å². The summed E-state index contributed by atoms with van der Waals surface area (Å²) >= 11 is 10.5. The average Bonchev–Trinajstić information content (AvgIpc) is 2.76. The second-order valence-corrected chi connectivity index (χ2v) is 6.45. The Morgan fingerprint density at radius 3 is 2.55 bits per heavy atom. The Morgan fingerprint density at radius 2 is 2.10 bits per heavy atom. The Morgan fingerprint density at radius 1 is 1.45 bits per heavy atom. The van der Waals surface area contributed by atoms with Crippen LogP contribution in [0.4, 0.5) is 5.69 Å². The zero-order valence-corrected chi connectivity index (χ0v) is 13.6. The second kappa shape index (κ2) is 6.47. The summed E-state index contributed by atoms with van der Waals surface area (Å²) in [4.78, 5) is 12.0. The van der Waals surface area contributed by atoms with Gasteiger partial charge >= 0.3 is 5.97 Å². The molecule has 0 saturated heterocycles. The summed E-state index contributed by atoms with van der Waals surface area (Å²) in [7, 11) is 1.58. The van der Waals surface area contributed by atoms with Gasteiger partial charge < -0.3 is 15.2 Å². The number of ether oxygens (including phenoxy) is 1. The third-order valence-corrected chi connectivity index (χ3v) is 5.14. The Hall–Kier alpha value is -1.24. The molecular formula is C13H11BrClNO3S. The Balaban J connectivity index is 2.23. The van der Waals surface area contributed by atoms with Gasteiger partial charge in [0.05, 0.1) is 7.11 Å². The van der Waals surface area contributed by atoms with Crippen molar-refractivity contribution < 1.29 is 14.6 Å². The first-order chi connectivity index (χ1) is 9.51. The van der Waals surface area contributed by atoms with E-state index in [4.69, 9.17) is 16.3 Å². The van der Waals surface area contributed by atoms with Crippen LogP contribution in [0.3, 0.4) is 0 Å². The molecule has 1 aromatic carbocycles. The molecule has 7 heteroatoms.